The van der Waals surface area contributed by atoms with Gasteiger partial charge in [0.05, 0.1) is 11.9 Å². The second-order valence-electron chi connectivity index (χ2n) is 6.08. The van der Waals surface area contributed by atoms with Crippen molar-refractivity contribution >= 4 is 17.4 Å². The number of pyridine rings is 2. The zero-order valence-corrected chi connectivity index (χ0v) is 14.7. The van der Waals surface area contributed by atoms with E-state index in [-0.39, 0.29) is 11.3 Å². The molecule has 8 heteroatoms. The summed E-state index contributed by atoms with van der Waals surface area (Å²) in [4.78, 5) is 38.3. The smallest absolute Gasteiger partial charge is 0.275 e. The fourth-order valence-corrected chi connectivity index (χ4v) is 2.89. The van der Waals surface area contributed by atoms with Crippen LogP contribution in [-0.4, -0.2) is 30.1 Å². The van der Waals surface area contributed by atoms with Crippen LogP contribution in [0.15, 0.2) is 59.7 Å². The van der Waals surface area contributed by atoms with Crippen molar-refractivity contribution in [1.29, 1.82) is 0 Å². The number of carbonyl (C=O) groups is 1. The normalized spacial score (nSPS) is 10.9. The molecule has 0 unspecified atom stereocenters. The summed E-state index contributed by atoms with van der Waals surface area (Å²) < 4.78 is 2.85. The van der Waals surface area contributed by atoms with Crippen LogP contribution in [0.3, 0.4) is 0 Å². The lowest BCUT2D eigenvalue weighted by atomic mass is 10.3. The van der Waals surface area contributed by atoms with E-state index in [0.29, 0.717) is 22.8 Å². The molecule has 0 aliphatic carbocycles. The SMILES string of the molecule is Cc1cccc(NC(=O)c2cc3nc(C)cc(=O)n3n2-c2cccnc2)n1. The molecule has 27 heavy (non-hydrogen) atoms. The van der Waals surface area contributed by atoms with Crippen LogP contribution in [0.2, 0.25) is 0 Å². The molecular formula is C19H16N6O2. The average Bonchev–Trinajstić information content (AvgIpc) is 3.02. The van der Waals surface area contributed by atoms with Crippen LogP contribution in [0.1, 0.15) is 21.9 Å². The first-order valence-electron chi connectivity index (χ1n) is 8.31. The Morgan fingerprint density at radius 2 is 1.89 bits per heavy atom. The van der Waals surface area contributed by atoms with Crippen LogP contribution in [0, 0.1) is 13.8 Å². The zero-order chi connectivity index (χ0) is 19.0. The van der Waals surface area contributed by atoms with Gasteiger partial charge >= 0.3 is 0 Å². The number of fused-ring (bicyclic) bond motifs is 1. The fraction of sp³-hybridized carbons (Fsp3) is 0.105. The Morgan fingerprint density at radius 1 is 1.04 bits per heavy atom. The van der Waals surface area contributed by atoms with E-state index in [9.17, 15) is 9.59 Å². The number of aryl methyl sites for hydroxylation is 2. The molecule has 0 radical (unpaired) electrons. The van der Waals surface area contributed by atoms with Crippen molar-refractivity contribution in [3.05, 3.63) is 82.3 Å². The molecule has 0 atom stereocenters. The second kappa shape index (κ2) is 6.49. The minimum absolute atomic E-state index is 0.251. The summed E-state index contributed by atoms with van der Waals surface area (Å²) in [6.07, 6.45) is 3.20. The molecule has 4 aromatic rings. The molecule has 1 N–H and O–H groups in total. The summed E-state index contributed by atoms with van der Waals surface area (Å²) in [5, 5.41) is 2.77. The summed E-state index contributed by atoms with van der Waals surface area (Å²) in [5.74, 6) is 0.0268. The van der Waals surface area contributed by atoms with Crippen LogP contribution < -0.4 is 10.9 Å². The van der Waals surface area contributed by atoms with Crippen molar-refractivity contribution in [2.75, 3.05) is 5.32 Å². The van der Waals surface area contributed by atoms with Gasteiger partial charge in [-0.3, -0.25) is 14.6 Å². The Balaban J connectivity index is 1.90. The number of hydrogen-bond acceptors (Lipinski definition) is 5. The summed E-state index contributed by atoms with van der Waals surface area (Å²) in [6.45, 7) is 3.58. The lowest BCUT2D eigenvalue weighted by molar-refractivity contribution is 0.101. The van der Waals surface area contributed by atoms with Crippen LogP contribution in [-0.2, 0) is 0 Å². The minimum atomic E-state index is -0.403. The highest BCUT2D eigenvalue weighted by Gasteiger charge is 2.20. The molecule has 8 nitrogen and oxygen atoms in total. The maximum absolute atomic E-state index is 12.9. The van der Waals surface area contributed by atoms with E-state index in [0.717, 1.165) is 5.69 Å². The minimum Gasteiger partial charge on any atom is -0.305 e. The first-order chi connectivity index (χ1) is 13.0. The van der Waals surface area contributed by atoms with Crippen molar-refractivity contribution in [2.24, 2.45) is 0 Å². The quantitative estimate of drug-likeness (QED) is 0.604. The van der Waals surface area contributed by atoms with Gasteiger partial charge in [0.2, 0.25) is 0 Å². The molecule has 1 amide bonds. The summed E-state index contributed by atoms with van der Waals surface area (Å²) in [6, 6.07) is 11.9. The lowest BCUT2D eigenvalue weighted by Crippen LogP contribution is -2.24. The standard InChI is InChI=1S/C19H16N6O2/c1-12-5-3-7-16(21-12)23-19(27)15-10-17-22-13(2)9-18(26)25(17)24(15)14-6-4-8-20-11-14/h3-11H,1-2H3,(H,21,23,27). The molecular weight excluding hydrogens is 344 g/mol. The van der Waals surface area contributed by atoms with Crippen molar-refractivity contribution in [1.82, 2.24) is 24.1 Å². The molecule has 134 valence electrons. The van der Waals surface area contributed by atoms with Gasteiger partial charge in [-0.05, 0) is 38.1 Å². The molecule has 0 aliphatic heterocycles. The number of carbonyl (C=O) groups excluding carboxylic acids is 1. The number of aromatic nitrogens is 5. The molecule has 0 fully saturated rings. The Labute approximate surface area is 154 Å². The largest absolute Gasteiger partial charge is 0.305 e. The molecule has 0 aromatic carbocycles. The number of rotatable bonds is 3. The van der Waals surface area contributed by atoms with Gasteiger partial charge < -0.3 is 5.32 Å². The number of anilines is 1. The van der Waals surface area contributed by atoms with Gasteiger partial charge in [-0.25, -0.2) is 14.6 Å². The van der Waals surface area contributed by atoms with E-state index >= 15 is 0 Å². The summed E-state index contributed by atoms with van der Waals surface area (Å²) in [7, 11) is 0. The number of nitrogens with zero attached hydrogens (tertiary/aromatic N) is 5. The summed E-state index contributed by atoms with van der Waals surface area (Å²) >= 11 is 0. The predicted molar refractivity (Wildman–Crippen MR) is 100 cm³/mol. The highest BCUT2D eigenvalue weighted by molar-refractivity contribution is 6.03. The first-order valence-corrected chi connectivity index (χ1v) is 8.31. The maximum atomic E-state index is 12.9. The molecule has 4 rings (SSSR count). The van der Waals surface area contributed by atoms with Crippen molar-refractivity contribution in [3.63, 3.8) is 0 Å². The molecule has 4 heterocycles. The van der Waals surface area contributed by atoms with E-state index in [2.05, 4.69) is 20.3 Å². The van der Waals surface area contributed by atoms with E-state index in [1.54, 1.807) is 43.6 Å². The van der Waals surface area contributed by atoms with Crippen LogP contribution in [0.4, 0.5) is 5.82 Å². The first kappa shape index (κ1) is 16.6. The van der Waals surface area contributed by atoms with Gasteiger partial charge in [0.25, 0.3) is 11.5 Å². The molecule has 0 bridgehead atoms. The monoisotopic (exact) mass is 360 g/mol. The van der Waals surface area contributed by atoms with Gasteiger partial charge in [0.1, 0.15) is 11.5 Å². The van der Waals surface area contributed by atoms with Gasteiger partial charge in [-0.15, -0.1) is 0 Å². The van der Waals surface area contributed by atoms with Crippen molar-refractivity contribution in [2.45, 2.75) is 13.8 Å². The van der Waals surface area contributed by atoms with Gasteiger partial charge in [-0.2, -0.15) is 4.52 Å². The Kier molecular flexibility index (Phi) is 4.00. The Morgan fingerprint density at radius 3 is 2.63 bits per heavy atom. The maximum Gasteiger partial charge on any atom is 0.275 e. The third-order valence-electron chi connectivity index (χ3n) is 4.00. The predicted octanol–water partition coefficient (Wildman–Crippen LogP) is 2.14. The van der Waals surface area contributed by atoms with Gasteiger partial charge in [-0.1, -0.05) is 6.07 Å². The van der Waals surface area contributed by atoms with Crippen LogP contribution in [0.25, 0.3) is 11.3 Å². The molecule has 0 saturated heterocycles. The topological polar surface area (TPSA) is 94.2 Å². The van der Waals surface area contributed by atoms with Gasteiger partial charge in [0.15, 0.2) is 5.65 Å². The second-order valence-corrected chi connectivity index (χ2v) is 6.08. The zero-order valence-electron chi connectivity index (χ0n) is 14.7. The molecule has 0 spiro atoms. The van der Waals surface area contributed by atoms with Crippen LogP contribution in [0.5, 0.6) is 0 Å². The number of hydrogen-bond donors (Lipinski definition) is 1. The van der Waals surface area contributed by atoms with E-state index < -0.39 is 5.91 Å². The van der Waals surface area contributed by atoms with E-state index in [1.165, 1.54) is 15.3 Å². The number of nitrogens with one attached hydrogen (secondary N) is 1. The van der Waals surface area contributed by atoms with Crippen molar-refractivity contribution < 1.29 is 4.79 Å². The lowest BCUT2D eigenvalue weighted by Gasteiger charge is -2.10. The Hall–Kier alpha value is -3.81. The molecule has 4 aromatic heterocycles. The van der Waals surface area contributed by atoms with Crippen LogP contribution >= 0.6 is 0 Å². The molecule has 0 aliphatic rings. The molecule has 0 saturated carbocycles. The van der Waals surface area contributed by atoms with Crippen molar-refractivity contribution in [3.8, 4) is 5.69 Å². The number of amides is 1. The Bertz CT molecular complexity index is 1210. The fourth-order valence-electron chi connectivity index (χ4n) is 2.89. The highest BCUT2D eigenvalue weighted by Crippen LogP contribution is 2.16. The van der Waals surface area contributed by atoms with E-state index in [4.69, 9.17) is 0 Å². The average molecular weight is 360 g/mol. The van der Waals surface area contributed by atoms with Gasteiger partial charge in [0, 0.05) is 29.7 Å². The highest BCUT2D eigenvalue weighted by atomic mass is 16.2. The third-order valence-corrected chi connectivity index (χ3v) is 4.00. The third kappa shape index (κ3) is 3.08. The van der Waals surface area contributed by atoms with E-state index in [1.807, 2.05) is 19.1 Å². The summed E-state index contributed by atoms with van der Waals surface area (Å²) in [5.41, 5.74) is 2.29.